The molecule has 0 bridgehead atoms. The summed E-state index contributed by atoms with van der Waals surface area (Å²) in [7, 11) is -3.57. The van der Waals surface area contributed by atoms with Crippen LogP contribution in [0.15, 0.2) is 45.8 Å². The number of hydrogen-bond acceptors (Lipinski definition) is 3. The van der Waals surface area contributed by atoms with Crippen LogP contribution in [0.3, 0.4) is 0 Å². The lowest BCUT2D eigenvalue weighted by atomic mass is 10.1. The van der Waals surface area contributed by atoms with Gasteiger partial charge in [-0.15, -0.1) is 0 Å². The lowest BCUT2D eigenvalue weighted by molar-refractivity contribution is -0.132. The van der Waals surface area contributed by atoms with Crippen molar-refractivity contribution in [1.82, 2.24) is 9.21 Å². The Morgan fingerprint density at radius 3 is 2.34 bits per heavy atom. The normalized spacial score (nSPS) is 15.5. The van der Waals surface area contributed by atoms with Crippen molar-refractivity contribution in [1.29, 1.82) is 0 Å². The highest BCUT2D eigenvalue weighted by molar-refractivity contribution is 9.10. The summed E-state index contributed by atoms with van der Waals surface area (Å²) in [5.74, 6) is -0.424. The van der Waals surface area contributed by atoms with Crippen molar-refractivity contribution < 1.29 is 17.6 Å². The first kappa shape index (κ1) is 21.9. The fourth-order valence-corrected chi connectivity index (χ4v) is 5.17. The first-order chi connectivity index (χ1) is 13.7. The molecule has 156 valence electrons. The van der Waals surface area contributed by atoms with Crippen LogP contribution in [0.2, 0.25) is 0 Å². The van der Waals surface area contributed by atoms with Crippen LogP contribution in [0.4, 0.5) is 4.39 Å². The van der Waals surface area contributed by atoms with Gasteiger partial charge in [0.25, 0.3) is 0 Å². The van der Waals surface area contributed by atoms with E-state index in [1.54, 1.807) is 29.2 Å². The van der Waals surface area contributed by atoms with Gasteiger partial charge in [-0.1, -0.05) is 28.1 Å². The molecular formula is C21H24BrFN2O3S. The number of sulfonamides is 1. The van der Waals surface area contributed by atoms with Gasteiger partial charge < -0.3 is 4.90 Å². The van der Waals surface area contributed by atoms with Crippen LogP contribution in [0.25, 0.3) is 0 Å². The second kappa shape index (κ2) is 8.93. The van der Waals surface area contributed by atoms with E-state index in [2.05, 4.69) is 15.9 Å². The molecular weight excluding hydrogens is 459 g/mol. The predicted octanol–water partition coefficient (Wildman–Crippen LogP) is 3.67. The van der Waals surface area contributed by atoms with Gasteiger partial charge in [0.15, 0.2) is 0 Å². The van der Waals surface area contributed by atoms with Crippen LogP contribution in [0.5, 0.6) is 0 Å². The molecule has 0 spiro atoms. The molecule has 0 radical (unpaired) electrons. The third-order valence-electron chi connectivity index (χ3n) is 5.33. The van der Waals surface area contributed by atoms with Crippen LogP contribution in [0, 0.1) is 19.7 Å². The van der Waals surface area contributed by atoms with Crippen molar-refractivity contribution >= 4 is 31.9 Å². The van der Waals surface area contributed by atoms with E-state index in [1.165, 1.54) is 10.4 Å². The monoisotopic (exact) mass is 482 g/mol. The van der Waals surface area contributed by atoms with Gasteiger partial charge >= 0.3 is 0 Å². The van der Waals surface area contributed by atoms with E-state index < -0.39 is 10.0 Å². The Bertz CT molecular complexity index is 1020. The Balaban J connectivity index is 1.58. The Hall–Kier alpha value is -1.77. The van der Waals surface area contributed by atoms with Gasteiger partial charge in [-0.2, -0.15) is 4.31 Å². The van der Waals surface area contributed by atoms with Gasteiger partial charge in [0.1, 0.15) is 5.82 Å². The fraction of sp³-hybridized carbons (Fsp3) is 0.381. The molecule has 8 heteroatoms. The summed E-state index contributed by atoms with van der Waals surface area (Å²) in [5.41, 5.74) is 2.47. The minimum absolute atomic E-state index is 0.0875. The second-order valence-corrected chi connectivity index (χ2v) is 10.1. The van der Waals surface area contributed by atoms with E-state index in [0.29, 0.717) is 29.5 Å². The molecule has 0 aromatic heterocycles. The van der Waals surface area contributed by atoms with Gasteiger partial charge in [-0.25, -0.2) is 12.8 Å². The van der Waals surface area contributed by atoms with Gasteiger partial charge in [0.05, 0.1) is 4.90 Å². The van der Waals surface area contributed by atoms with Crippen LogP contribution < -0.4 is 0 Å². The summed E-state index contributed by atoms with van der Waals surface area (Å²) in [4.78, 5) is 14.4. The van der Waals surface area contributed by atoms with E-state index in [-0.39, 0.29) is 36.1 Å². The average molecular weight is 483 g/mol. The summed E-state index contributed by atoms with van der Waals surface area (Å²) < 4.78 is 41.8. The maximum Gasteiger partial charge on any atom is 0.243 e. The molecule has 1 heterocycles. The molecule has 1 aliphatic heterocycles. The largest absolute Gasteiger partial charge is 0.340 e. The molecule has 2 aromatic rings. The fourth-order valence-electron chi connectivity index (χ4n) is 3.33. The number of aryl methyl sites for hydroxylation is 3. The summed E-state index contributed by atoms with van der Waals surface area (Å²) in [6, 6.07) is 9.93. The van der Waals surface area contributed by atoms with E-state index in [1.807, 2.05) is 19.9 Å². The van der Waals surface area contributed by atoms with Crippen LogP contribution in [-0.4, -0.2) is 49.7 Å². The molecule has 0 saturated carbocycles. The smallest absolute Gasteiger partial charge is 0.243 e. The number of benzene rings is 2. The van der Waals surface area contributed by atoms with Crippen LogP contribution >= 0.6 is 15.9 Å². The number of amides is 1. The van der Waals surface area contributed by atoms with Crippen molar-refractivity contribution in [2.24, 2.45) is 0 Å². The number of rotatable bonds is 5. The van der Waals surface area contributed by atoms with Crippen molar-refractivity contribution in [3.63, 3.8) is 0 Å². The topological polar surface area (TPSA) is 57.7 Å². The van der Waals surface area contributed by atoms with Crippen molar-refractivity contribution in [2.75, 3.05) is 26.2 Å². The summed E-state index contributed by atoms with van der Waals surface area (Å²) >= 11 is 3.22. The Labute approximate surface area is 179 Å². The van der Waals surface area contributed by atoms with Gasteiger partial charge in [0, 0.05) is 37.1 Å². The van der Waals surface area contributed by atoms with Gasteiger partial charge in [-0.3, -0.25) is 4.79 Å². The van der Waals surface area contributed by atoms with E-state index in [4.69, 9.17) is 0 Å². The lowest BCUT2D eigenvalue weighted by Crippen LogP contribution is -2.50. The highest BCUT2D eigenvalue weighted by Gasteiger charge is 2.30. The maximum absolute atomic E-state index is 13.9. The van der Waals surface area contributed by atoms with Crippen LogP contribution in [0.1, 0.15) is 23.1 Å². The molecule has 0 unspecified atom stereocenters. The highest BCUT2D eigenvalue weighted by Crippen LogP contribution is 2.21. The van der Waals surface area contributed by atoms with Gasteiger partial charge in [-0.05, 0) is 61.2 Å². The first-order valence-corrected chi connectivity index (χ1v) is 11.7. The minimum atomic E-state index is -3.57. The summed E-state index contributed by atoms with van der Waals surface area (Å²) in [5, 5.41) is 0. The SMILES string of the molecule is Cc1ccc(S(=O)(=O)N2CCN(C(=O)CCc3ccc(Br)cc3F)CC2)cc1C. The molecule has 2 aromatic carbocycles. The molecule has 1 aliphatic rings. The molecule has 1 fully saturated rings. The Morgan fingerprint density at radius 2 is 1.72 bits per heavy atom. The van der Waals surface area contributed by atoms with Crippen molar-refractivity contribution in [3.8, 4) is 0 Å². The average Bonchev–Trinajstić information content (AvgIpc) is 2.69. The molecule has 5 nitrogen and oxygen atoms in total. The molecule has 0 atom stereocenters. The number of carbonyl (C=O) groups is 1. The van der Waals surface area contributed by atoms with Crippen molar-refractivity contribution in [2.45, 2.75) is 31.6 Å². The lowest BCUT2D eigenvalue weighted by Gasteiger charge is -2.34. The summed E-state index contributed by atoms with van der Waals surface area (Å²) in [6.45, 7) is 5.02. The third kappa shape index (κ3) is 5.05. The predicted molar refractivity (Wildman–Crippen MR) is 114 cm³/mol. The Kier molecular flexibility index (Phi) is 6.76. The zero-order valence-corrected chi connectivity index (χ0v) is 18.9. The molecule has 3 rings (SSSR count). The Morgan fingerprint density at radius 1 is 1.03 bits per heavy atom. The number of halogens is 2. The highest BCUT2D eigenvalue weighted by atomic mass is 79.9. The van der Waals surface area contributed by atoms with Crippen LogP contribution in [-0.2, 0) is 21.2 Å². The zero-order chi connectivity index (χ0) is 21.2. The number of hydrogen-bond donors (Lipinski definition) is 0. The number of piperazine rings is 1. The molecule has 1 saturated heterocycles. The molecule has 29 heavy (non-hydrogen) atoms. The molecule has 1 amide bonds. The number of carbonyl (C=O) groups excluding carboxylic acids is 1. The van der Waals surface area contributed by atoms with Gasteiger partial charge in [0.2, 0.25) is 15.9 Å². The standard InChI is InChI=1S/C21H24BrFN2O3S/c1-15-3-7-19(13-16(15)2)29(27,28)25-11-9-24(10-12-25)21(26)8-5-17-4-6-18(22)14-20(17)23/h3-4,6-7,13-14H,5,8-12H2,1-2H3. The summed E-state index contributed by atoms with van der Waals surface area (Å²) in [6.07, 6.45) is 0.515. The first-order valence-electron chi connectivity index (χ1n) is 9.47. The van der Waals surface area contributed by atoms with E-state index in [9.17, 15) is 17.6 Å². The number of nitrogens with zero attached hydrogens (tertiary/aromatic N) is 2. The third-order valence-corrected chi connectivity index (χ3v) is 7.72. The second-order valence-electron chi connectivity index (χ2n) is 7.27. The maximum atomic E-state index is 13.9. The quantitative estimate of drug-likeness (QED) is 0.652. The minimum Gasteiger partial charge on any atom is -0.340 e. The zero-order valence-electron chi connectivity index (χ0n) is 16.5. The molecule has 0 aliphatic carbocycles. The van der Waals surface area contributed by atoms with E-state index in [0.717, 1.165) is 11.1 Å². The van der Waals surface area contributed by atoms with E-state index >= 15 is 0 Å². The van der Waals surface area contributed by atoms with Crippen molar-refractivity contribution in [3.05, 3.63) is 63.4 Å². The molecule has 0 N–H and O–H groups in total.